The van der Waals surface area contributed by atoms with Crippen LogP contribution in [0.25, 0.3) is 0 Å². The number of anilines is 1. The van der Waals surface area contributed by atoms with E-state index >= 15 is 0 Å². The van der Waals surface area contributed by atoms with Crippen LogP contribution in [0, 0.1) is 0 Å². The van der Waals surface area contributed by atoms with Gasteiger partial charge in [0.15, 0.2) is 0 Å². The van der Waals surface area contributed by atoms with Crippen LogP contribution in [0.4, 0.5) is 10.5 Å². The van der Waals surface area contributed by atoms with Gasteiger partial charge in [-0.2, -0.15) is 0 Å². The summed E-state index contributed by atoms with van der Waals surface area (Å²) in [5, 5.41) is 11.1. The molecule has 8 heteroatoms. The number of benzene rings is 1. The molecule has 1 aromatic carbocycles. The highest BCUT2D eigenvalue weighted by Gasteiger charge is 2.21. The highest BCUT2D eigenvalue weighted by molar-refractivity contribution is 5.83. The first-order valence-electron chi connectivity index (χ1n) is 9.18. The quantitative estimate of drug-likeness (QED) is 0.347. The fourth-order valence-electron chi connectivity index (χ4n) is 2.41. The van der Waals surface area contributed by atoms with Crippen molar-refractivity contribution < 1.29 is 19.1 Å². The normalized spacial score (nSPS) is 11.2. The molecule has 3 amide bonds. The largest absolute Gasteiger partial charge is 0.464 e. The molecule has 0 aliphatic carbocycles. The van der Waals surface area contributed by atoms with Gasteiger partial charge in [-0.05, 0) is 43.9 Å². The summed E-state index contributed by atoms with van der Waals surface area (Å²) < 4.78 is 5.03. The third-order valence-electron chi connectivity index (χ3n) is 3.87. The fourth-order valence-corrected chi connectivity index (χ4v) is 2.41. The van der Waals surface area contributed by atoms with E-state index in [9.17, 15) is 14.4 Å². The Hall–Kier alpha value is -2.77. The van der Waals surface area contributed by atoms with Crippen molar-refractivity contribution in [2.45, 2.75) is 45.7 Å². The van der Waals surface area contributed by atoms with Crippen molar-refractivity contribution in [2.24, 2.45) is 0 Å². The highest BCUT2D eigenvalue weighted by atomic mass is 16.5. The molecule has 1 aromatic rings. The summed E-state index contributed by atoms with van der Waals surface area (Å²) in [6.45, 7) is 4.33. The van der Waals surface area contributed by atoms with Gasteiger partial charge in [-0.3, -0.25) is 4.79 Å². The number of esters is 1. The molecule has 0 heterocycles. The molecule has 0 fully saturated rings. The minimum Gasteiger partial charge on any atom is -0.464 e. The molecule has 0 aliphatic rings. The molecule has 1 atom stereocenters. The number of ether oxygens (including phenoxy) is 1. The van der Waals surface area contributed by atoms with Gasteiger partial charge in [-0.15, -0.1) is 0 Å². The summed E-state index contributed by atoms with van der Waals surface area (Å²) >= 11 is 0. The van der Waals surface area contributed by atoms with Gasteiger partial charge in [-0.25, -0.2) is 9.59 Å². The van der Waals surface area contributed by atoms with Crippen molar-refractivity contribution in [2.75, 3.05) is 25.5 Å². The predicted molar refractivity (Wildman–Crippen MR) is 104 cm³/mol. The SMILES string of the molecule is CCOC(=O)C(CCCCNC(C)=O)NC(=O)NCc1ccc(NC)cc1. The van der Waals surface area contributed by atoms with Gasteiger partial charge in [0, 0.05) is 32.7 Å². The lowest BCUT2D eigenvalue weighted by molar-refractivity contribution is -0.145. The zero-order valence-corrected chi connectivity index (χ0v) is 16.3. The van der Waals surface area contributed by atoms with Gasteiger partial charge in [0.05, 0.1) is 6.61 Å². The van der Waals surface area contributed by atoms with Gasteiger partial charge in [0.2, 0.25) is 5.91 Å². The Morgan fingerprint density at radius 3 is 2.37 bits per heavy atom. The van der Waals surface area contributed by atoms with E-state index in [0.29, 0.717) is 25.9 Å². The second-order valence-electron chi connectivity index (χ2n) is 6.06. The number of nitrogens with one attached hydrogen (secondary N) is 4. The maximum atomic E-state index is 12.1. The van der Waals surface area contributed by atoms with E-state index in [1.54, 1.807) is 6.92 Å². The molecule has 0 aromatic heterocycles. The van der Waals surface area contributed by atoms with Crippen LogP contribution in [-0.4, -0.2) is 44.1 Å². The molecule has 0 radical (unpaired) electrons. The van der Waals surface area contributed by atoms with E-state index in [1.165, 1.54) is 6.92 Å². The Kier molecular flexibility index (Phi) is 10.4. The molecule has 0 saturated carbocycles. The zero-order chi connectivity index (χ0) is 20.1. The molecular formula is C19H30N4O4. The molecule has 4 N–H and O–H groups in total. The third kappa shape index (κ3) is 9.48. The van der Waals surface area contributed by atoms with E-state index in [0.717, 1.165) is 17.7 Å². The van der Waals surface area contributed by atoms with Crippen LogP contribution < -0.4 is 21.3 Å². The maximum absolute atomic E-state index is 12.1. The number of amides is 3. The number of carbonyl (C=O) groups is 3. The molecule has 0 bridgehead atoms. The number of unbranched alkanes of at least 4 members (excludes halogenated alkanes) is 1. The van der Waals surface area contributed by atoms with E-state index < -0.39 is 18.0 Å². The van der Waals surface area contributed by atoms with E-state index in [2.05, 4.69) is 21.3 Å². The van der Waals surface area contributed by atoms with Crippen LogP contribution in [0.2, 0.25) is 0 Å². The Balaban J connectivity index is 2.45. The number of rotatable bonds is 11. The first kappa shape index (κ1) is 22.3. The second kappa shape index (κ2) is 12.6. The van der Waals surface area contributed by atoms with E-state index in [-0.39, 0.29) is 12.5 Å². The Morgan fingerprint density at radius 1 is 1.07 bits per heavy atom. The van der Waals surface area contributed by atoms with Crippen molar-refractivity contribution in [3.63, 3.8) is 0 Å². The van der Waals surface area contributed by atoms with Gasteiger partial charge in [-0.1, -0.05) is 12.1 Å². The molecule has 0 aliphatic heterocycles. The first-order chi connectivity index (χ1) is 13.0. The molecular weight excluding hydrogens is 348 g/mol. The van der Waals surface area contributed by atoms with Crippen molar-refractivity contribution in [1.82, 2.24) is 16.0 Å². The van der Waals surface area contributed by atoms with Crippen LogP contribution in [0.5, 0.6) is 0 Å². The maximum Gasteiger partial charge on any atom is 0.328 e. The van der Waals surface area contributed by atoms with Crippen LogP contribution in [0.1, 0.15) is 38.7 Å². The van der Waals surface area contributed by atoms with Gasteiger partial charge in [0.1, 0.15) is 6.04 Å². The van der Waals surface area contributed by atoms with Crippen LogP contribution in [0.15, 0.2) is 24.3 Å². The van der Waals surface area contributed by atoms with Gasteiger partial charge in [0.25, 0.3) is 0 Å². The zero-order valence-electron chi connectivity index (χ0n) is 16.3. The molecule has 1 rings (SSSR count). The summed E-state index contributed by atoms with van der Waals surface area (Å²) in [6, 6.07) is 6.53. The first-order valence-corrected chi connectivity index (χ1v) is 9.18. The molecule has 27 heavy (non-hydrogen) atoms. The minimum absolute atomic E-state index is 0.0859. The number of hydrogen-bond acceptors (Lipinski definition) is 5. The molecule has 1 unspecified atom stereocenters. The highest BCUT2D eigenvalue weighted by Crippen LogP contribution is 2.08. The summed E-state index contributed by atoms with van der Waals surface area (Å²) in [4.78, 5) is 35.0. The Bertz CT molecular complexity index is 604. The van der Waals surface area contributed by atoms with Crippen LogP contribution in [0.3, 0.4) is 0 Å². The van der Waals surface area contributed by atoms with E-state index in [4.69, 9.17) is 4.74 Å². The summed E-state index contributed by atoms with van der Waals surface area (Å²) in [6.07, 6.45) is 1.84. The average molecular weight is 378 g/mol. The van der Waals surface area contributed by atoms with Crippen LogP contribution >= 0.6 is 0 Å². The molecule has 8 nitrogen and oxygen atoms in total. The Morgan fingerprint density at radius 2 is 1.78 bits per heavy atom. The smallest absolute Gasteiger partial charge is 0.328 e. The number of carbonyl (C=O) groups excluding carboxylic acids is 3. The predicted octanol–water partition coefficient (Wildman–Crippen LogP) is 1.77. The van der Waals surface area contributed by atoms with Crippen molar-refractivity contribution in [3.05, 3.63) is 29.8 Å². The number of urea groups is 1. The summed E-state index contributed by atoms with van der Waals surface area (Å²) in [5.41, 5.74) is 1.94. The lowest BCUT2D eigenvalue weighted by Gasteiger charge is -2.18. The topological polar surface area (TPSA) is 109 Å². The molecule has 0 saturated heterocycles. The summed E-state index contributed by atoms with van der Waals surface area (Å²) in [5.74, 6) is -0.539. The monoisotopic (exact) mass is 378 g/mol. The van der Waals surface area contributed by atoms with E-state index in [1.807, 2.05) is 31.3 Å². The molecule has 150 valence electrons. The van der Waals surface area contributed by atoms with Crippen molar-refractivity contribution >= 4 is 23.6 Å². The second-order valence-corrected chi connectivity index (χ2v) is 6.06. The lowest BCUT2D eigenvalue weighted by Crippen LogP contribution is -2.46. The average Bonchev–Trinajstić information content (AvgIpc) is 2.65. The Labute approximate surface area is 160 Å². The summed E-state index contributed by atoms with van der Waals surface area (Å²) in [7, 11) is 1.84. The van der Waals surface area contributed by atoms with Gasteiger partial charge < -0.3 is 26.0 Å². The standard InChI is InChI=1S/C19H30N4O4/c1-4-27-18(25)17(7-5-6-12-21-14(2)24)23-19(26)22-13-15-8-10-16(20-3)11-9-15/h8-11,17,20H,4-7,12-13H2,1-3H3,(H,21,24)(H2,22,23,26). The minimum atomic E-state index is -0.714. The molecule has 0 spiro atoms. The van der Waals surface area contributed by atoms with Gasteiger partial charge >= 0.3 is 12.0 Å². The van der Waals surface area contributed by atoms with Crippen molar-refractivity contribution in [1.29, 1.82) is 0 Å². The number of hydrogen-bond donors (Lipinski definition) is 4. The van der Waals surface area contributed by atoms with Crippen LogP contribution in [-0.2, 0) is 20.9 Å². The lowest BCUT2D eigenvalue weighted by atomic mass is 10.1. The fraction of sp³-hybridized carbons (Fsp3) is 0.526. The third-order valence-corrected chi connectivity index (χ3v) is 3.87. The van der Waals surface area contributed by atoms with Crippen molar-refractivity contribution in [3.8, 4) is 0 Å².